The molecule has 0 aromatic rings. The predicted molar refractivity (Wildman–Crippen MR) is 51.6 cm³/mol. The monoisotopic (exact) mass is 204 g/mol. The normalized spacial score (nSPS) is 29.3. The van der Waals surface area contributed by atoms with Crippen LogP contribution in [0.5, 0.6) is 0 Å². The largest absolute Gasteiger partial charge is 0.279 e. The average molecular weight is 205 g/mol. The lowest BCUT2D eigenvalue weighted by molar-refractivity contribution is -0.113. The van der Waals surface area contributed by atoms with Gasteiger partial charge in [0, 0.05) is 0 Å². The summed E-state index contributed by atoms with van der Waals surface area (Å²) in [6, 6.07) is 0. The summed E-state index contributed by atoms with van der Waals surface area (Å²) in [6.07, 6.45) is 4.31. The van der Waals surface area contributed by atoms with Crippen molar-refractivity contribution >= 4 is 28.4 Å². The smallest absolute Gasteiger partial charge is 0.247 e. The van der Waals surface area contributed by atoms with Crippen LogP contribution in [-0.4, -0.2) is 10.1 Å². The van der Waals surface area contributed by atoms with Gasteiger partial charge in [-0.3, -0.25) is 4.79 Å². The standard InChI is InChI=1S/C9H10Cl2O/c1-6-3-4-7(2)9(11,5-6)8(10)12/h3-4H,5H2,1-2H3. The summed E-state index contributed by atoms with van der Waals surface area (Å²) in [5.74, 6) is 0. The molecule has 66 valence electrons. The SMILES string of the molecule is CC1=CC=C(C)C(Cl)(C(=O)Cl)C1. The van der Waals surface area contributed by atoms with E-state index < -0.39 is 10.1 Å². The number of alkyl halides is 1. The van der Waals surface area contributed by atoms with Gasteiger partial charge in [0.25, 0.3) is 0 Å². The first-order valence-electron chi connectivity index (χ1n) is 3.70. The van der Waals surface area contributed by atoms with Crippen LogP contribution in [-0.2, 0) is 4.79 Å². The molecule has 1 aliphatic carbocycles. The zero-order valence-corrected chi connectivity index (χ0v) is 8.54. The lowest BCUT2D eigenvalue weighted by atomic mass is 9.89. The molecule has 12 heavy (non-hydrogen) atoms. The van der Waals surface area contributed by atoms with E-state index in [0.717, 1.165) is 11.1 Å². The van der Waals surface area contributed by atoms with Crippen LogP contribution in [0.15, 0.2) is 23.3 Å². The first-order valence-corrected chi connectivity index (χ1v) is 4.46. The number of hydrogen-bond donors (Lipinski definition) is 0. The predicted octanol–water partition coefficient (Wildman–Crippen LogP) is 3.03. The van der Waals surface area contributed by atoms with Gasteiger partial charge in [-0.25, -0.2) is 0 Å². The van der Waals surface area contributed by atoms with E-state index in [4.69, 9.17) is 23.2 Å². The molecule has 1 nitrogen and oxygen atoms in total. The summed E-state index contributed by atoms with van der Waals surface area (Å²) in [5, 5.41) is -0.495. The summed E-state index contributed by atoms with van der Waals surface area (Å²) < 4.78 is 0. The van der Waals surface area contributed by atoms with Crippen molar-refractivity contribution in [1.29, 1.82) is 0 Å². The van der Waals surface area contributed by atoms with E-state index in [-0.39, 0.29) is 0 Å². The molecule has 0 heterocycles. The van der Waals surface area contributed by atoms with Gasteiger partial charge in [-0.1, -0.05) is 17.7 Å². The fraction of sp³-hybridized carbons (Fsp3) is 0.444. The number of rotatable bonds is 1. The van der Waals surface area contributed by atoms with E-state index >= 15 is 0 Å². The Morgan fingerprint density at radius 3 is 2.50 bits per heavy atom. The molecule has 1 rings (SSSR count). The highest BCUT2D eigenvalue weighted by Crippen LogP contribution is 2.37. The van der Waals surface area contributed by atoms with E-state index in [9.17, 15) is 4.79 Å². The second-order valence-electron chi connectivity index (χ2n) is 3.11. The molecule has 0 saturated carbocycles. The van der Waals surface area contributed by atoms with Gasteiger partial charge in [0.05, 0.1) is 0 Å². The van der Waals surface area contributed by atoms with Crippen LogP contribution in [0.3, 0.4) is 0 Å². The van der Waals surface area contributed by atoms with Gasteiger partial charge < -0.3 is 0 Å². The maximum Gasteiger partial charge on any atom is 0.247 e. The number of allylic oxidation sites excluding steroid dienone is 4. The quantitative estimate of drug-likeness (QED) is 0.475. The van der Waals surface area contributed by atoms with Crippen LogP contribution in [0.25, 0.3) is 0 Å². The Bertz CT molecular complexity index is 278. The Labute approximate surface area is 82.0 Å². The van der Waals surface area contributed by atoms with Crippen molar-refractivity contribution in [2.75, 3.05) is 0 Å². The van der Waals surface area contributed by atoms with Crippen molar-refractivity contribution in [3.8, 4) is 0 Å². The Balaban J connectivity index is 3.04. The van der Waals surface area contributed by atoms with Crippen molar-refractivity contribution in [1.82, 2.24) is 0 Å². The van der Waals surface area contributed by atoms with Crippen LogP contribution >= 0.6 is 23.2 Å². The number of carbonyl (C=O) groups is 1. The van der Waals surface area contributed by atoms with Crippen LogP contribution in [0.4, 0.5) is 0 Å². The third-order valence-corrected chi connectivity index (χ3v) is 3.10. The molecule has 1 aliphatic rings. The van der Waals surface area contributed by atoms with Crippen LogP contribution in [0, 0.1) is 0 Å². The molecule has 1 unspecified atom stereocenters. The van der Waals surface area contributed by atoms with Crippen molar-refractivity contribution < 1.29 is 4.79 Å². The minimum atomic E-state index is -1.000. The van der Waals surface area contributed by atoms with Gasteiger partial charge in [-0.05, 0) is 37.4 Å². The Hall–Kier alpha value is -0.270. The van der Waals surface area contributed by atoms with Crippen LogP contribution in [0.1, 0.15) is 20.3 Å². The van der Waals surface area contributed by atoms with Gasteiger partial charge in [0.15, 0.2) is 0 Å². The molecule has 0 aromatic carbocycles. The molecule has 3 heteroatoms. The fourth-order valence-electron chi connectivity index (χ4n) is 1.21. The van der Waals surface area contributed by atoms with Crippen LogP contribution in [0.2, 0.25) is 0 Å². The minimum Gasteiger partial charge on any atom is -0.279 e. The highest BCUT2D eigenvalue weighted by Gasteiger charge is 2.37. The summed E-state index contributed by atoms with van der Waals surface area (Å²) in [4.78, 5) is 10.0. The van der Waals surface area contributed by atoms with Gasteiger partial charge in [0.1, 0.15) is 4.87 Å². The molecule has 0 bridgehead atoms. The maximum atomic E-state index is 11.0. The highest BCUT2D eigenvalue weighted by molar-refractivity contribution is 6.71. The molecule has 0 N–H and O–H groups in total. The van der Waals surface area contributed by atoms with E-state index in [2.05, 4.69) is 0 Å². The second-order valence-corrected chi connectivity index (χ2v) is 4.10. The lowest BCUT2D eigenvalue weighted by Gasteiger charge is -2.26. The molecule has 0 spiro atoms. The number of halogens is 2. The van der Waals surface area contributed by atoms with E-state index in [1.54, 1.807) is 0 Å². The van der Waals surface area contributed by atoms with Gasteiger partial charge in [-0.15, -0.1) is 11.6 Å². The number of hydrogen-bond acceptors (Lipinski definition) is 1. The Morgan fingerprint density at radius 2 is 2.08 bits per heavy atom. The lowest BCUT2D eigenvalue weighted by Crippen LogP contribution is -2.32. The first kappa shape index (κ1) is 9.82. The summed E-state index contributed by atoms with van der Waals surface area (Å²) in [6.45, 7) is 3.75. The summed E-state index contributed by atoms with van der Waals surface area (Å²) in [7, 11) is 0. The zero-order chi connectivity index (χ0) is 9.35. The third kappa shape index (κ3) is 1.57. The zero-order valence-electron chi connectivity index (χ0n) is 7.03. The van der Waals surface area contributed by atoms with Crippen molar-refractivity contribution in [3.63, 3.8) is 0 Å². The van der Waals surface area contributed by atoms with E-state index in [1.165, 1.54) is 0 Å². The molecule has 0 aromatic heterocycles. The molecule has 0 aliphatic heterocycles. The molecule has 0 saturated heterocycles. The highest BCUT2D eigenvalue weighted by atomic mass is 35.5. The summed E-state index contributed by atoms with van der Waals surface area (Å²) >= 11 is 11.5. The minimum absolute atomic E-state index is 0.495. The topological polar surface area (TPSA) is 17.1 Å². The Kier molecular flexibility index (Phi) is 2.64. The van der Waals surface area contributed by atoms with E-state index in [0.29, 0.717) is 6.42 Å². The molecule has 1 atom stereocenters. The molecule has 0 fully saturated rings. The van der Waals surface area contributed by atoms with E-state index in [1.807, 2.05) is 26.0 Å². The van der Waals surface area contributed by atoms with Crippen LogP contribution < -0.4 is 0 Å². The van der Waals surface area contributed by atoms with Gasteiger partial charge in [0.2, 0.25) is 5.24 Å². The van der Waals surface area contributed by atoms with Crippen molar-refractivity contribution in [2.45, 2.75) is 25.1 Å². The second kappa shape index (κ2) is 3.23. The molecular formula is C9H10Cl2O. The third-order valence-electron chi connectivity index (χ3n) is 2.08. The first-order chi connectivity index (χ1) is 5.47. The number of carbonyl (C=O) groups excluding carboxylic acids is 1. The fourth-order valence-corrected chi connectivity index (χ4v) is 1.70. The molecule has 0 amide bonds. The average Bonchev–Trinajstić information content (AvgIpc) is 1.97. The van der Waals surface area contributed by atoms with Gasteiger partial charge >= 0.3 is 0 Å². The summed E-state index contributed by atoms with van der Waals surface area (Å²) in [5.41, 5.74) is 1.89. The molecular weight excluding hydrogens is 195 g/mol. The molecule has 0 radical (unpaired) electrons. The van der Waals surface area contributed by atoms with Crippen molar-refractivity contribution in [3.05, 3.63) is 23.3 Å². The van der Waals surface area contributed by atoms with Gasteiger partial charge in [-0.2, -0.15) is 0 Å². The van der Waals surface area contributed by atoms with Crippen molar-refractivity contribution in [2.24, 2.45) is 0 Å². The maximum absolute atomic E-state index is 11.0. The Morgan fingerprint density at radius 1 is 1.50 bits per heavy atom.